The van der Waals surface area contributed by atoms with Crippen molar-refractivity contribution >= 4 is 63.7 Å². The lowest BCUT2D eigenvalue weighted by Crippen LogP contribution is -2.26. The SMILES string of the molecule is O=C(c1ccc(Cl)cc1Cl)N(c1ccccc1Cl)c1ccccc1Cl. The van der Waals surface area contributed by atoms with Crippen LogP contribution in [0.1, 0.15) is 10.4 Å². The fourth-order valence-corrected chi connectivity index (χ4v) is 3.33. The zero-order valence-electron chi connectivity index (χ0n) is 12.7. The molecule has 0 heterocycles. The molecule has 2 nitrogen and oxygen atoms in total. The molecule has 25 heavy (non-hydrogen) atoms. The maximum absolute atomic E-state index is 13.3. The van der Waals surface area contributed by atoms with E-state index in [0.29, 0.717) is 32.0 Å². The second-order valence-corrected chi connectivity index (χ2v) is 6.83. The van der Waals surface area contributed by atoms with Crippen LogP contribution in [0.5, 0.6) is 0 Å². The molecule has 0 aromatic heterocycles. The van der Waals surface area contributed by atoms with Crippen LogP contribution in [0.4, 0.5) is 11.4 Å². The zero-order valence-corrected chi connectivity index (χ0v) is 15.7. The minimum atomic E-state index is -0.358. The summed E-state index contributed by atoms with van der Waals surface area (Å²) in [5, 5.41) is 1.53. The van der Waals surface area contributed by atoms with Gasteiger partial charge in [-0.15, -0.1) is 0 Å². The largest absolute Gasteiger partial charge is 0.274 e. The second-order valence-electron chi connectivity index (χ2n) is 5.17. The second kappa shape index (κ2) is 7.67. The minimum Gasteiger partial charge on any atom is -0.274 e. The normalized spacial score (nSPS) is 10.6. The molecule has 0 saturated carbocycles. The Hall–Kier alpha value is -1.71. The van der Waals surface area contributed by atoms with E-state index < -0.39 is 0 Å². The Balaban J connectivity index is 2.20. The molecule has 126 valence electrons. The molecule has 0 saturated heterocycles. The first kappa shape index (κ1) is 18.1. The summed E-state index contributed by atoms with van der Waals surface area (Å²) >= 11 is 24.8. The first-order valence-corrected chi connectivity index (χ1v) is 8.79. The van der Waals surface area contributed by atoms with Crippen LogP contribution in [0.25, 0.3) is 0 Å². The molecule has 0 aliphatic rings. The van der Waals surface area contributed by atoms with Crippen molar-refractivity contribution in [3.8, 4) is 0 Å². The lowest BCUT2D eigenvalue weighted by atomic mass is 10.1. The van der Waals surface area contributed by atoms with Gasteiger partial charge >= 0.3 is 0 Å². The predicted octanol–water partition coefficient (Wildman–Crippen LogP) is 7.28. The Labute approximate surface area is 165 Å². The number of carbonyl (C=O) groups excluding carboxylic acids is 1. The number of halogens is 4. The van der Waals surface area contributed by atoms with Crippen LogP contribution in [0.3, 0.4) is 0 Å². The Morgan fingerprint density at radius 3 is 1.68 bits per heavy atom. The van der Waals surface area contributed by atoms with Gasteiger partial charge in [-0.2, -0.15) is 0 Å². The summed E-state index contributed by atoms with van der Waals surface area (Å²) in [6.07, 6.45) is 0. The molecule has 0 N–H and O–H groups in total. The molecule has 6 heteroatoms. The van der Waals surface area contributed by atoms with Crippen molar-refractivity contribution in [2.45, 2.75) is 0 Å². The quantitative estimate of drug-likeness (QED) is 0.444. The van der Waals surface area contributed by atoms with E-state index in [1.807, 2.05) is 0 Å². The summed E-state index contributed by atoms with van der Waals surface area (Å²) in [6.45, 7) is 0. The van der Waals surface area contributed by atoms with E-state index in [4.69, 9.17) is 46.4 Å². The summed E-state index contributed by atoms with van der Waals surface area (Å²) in [6, 6.07) is 18.8. The Bertz CT molecular complexity index is 897. The van der Waals surface area contributed by atoms with E-state index in [2.05, 4.69) is 0 Å². The summed E-state index contributed by atoms with van der Waals surface area (Å²) in [5.74, 6) is -0.358. The fraction of sp³-hybridized carbons (Fsp3) is 0. The summed E-state index contributed by atoms with van der Waals surface area (Å²) in [5.41, 5.74) is 1.31. The molecule has 0 unspecified atom stereocenters. The first-order valence-electron chi connectivity index (χ1n) is 7.27. The third-order valence-corrected chi connectivity index (χ3v) is 4.74. The van der Waals surface area contributed by atoms with E-state index in [9.17, 15) is 4.79 Å². The molecule has 0 aliphatic heterocycles. The molecule has 0 aliphatic carbocycles. The summed E-state index contributed by atoms with van der Waals surface area (Å²) in [7, 11) is 0. The van der Waals surface area contributed by atoms with Gasteiger partial charge < -0.3 is 0 Å². The number of anilines is 2. The van der Waals surface area contributed by atoms with E-state index >= 15 is 0 Å². The number of rotatable bonds is 3. The maximum atomic E-state index is 13.3. The van der Waals surface area contributed by atoms with Gasteiger partial charge in [-0.25, -0.2) is 0 Å². The molecule has 0 spiro atoms. The van der Waals surface area contributed by atoms with Crippen LogP contribution >= 0.6 is 46.4 Å². The highest BCUT2D eigenvalue weighted by Crippen LogP contribution is 2.38. The number of nitrogens with zero attached hydrogens (tertiary/aromatic N) is 1. The topological polar surface area (TPSA) is 20.3 Å². The summed E-state index contributed by atoms with van der Waals surface area (Å²) in [4.78, 5) is 14.7. The smallest absolute Gasteiger partial charge is 0.264 e. The average molecular weight is 411 g/mol. The number of hydrogen-bond acceptors (Lipinski definition) is 1. The lowest BCUT2D eigenvalue weighted by Gasteiger charge is -2.25. The van der Waals surface area contributed by atoms with Gasteiger partial charge in [0.1, 0.15) is 0 Å². The molecular formula is C19H11Cl4NO. The van der Waals surface area contributed by atoms with Gasteiger partial charge in [0.15, 0.2) is 0 Å². The van der Waals surface area contributed by atoms with Gasteiger partial charge in [0.05, 0.1) is 32.0 Å². The first-order chi connectivity index (χ1) is 12.0. The van der Waals surface area contributed by atoms with Gasteiger partial charge in [-0.1, -0.05) is 70.7 Å². The van der Waals surface area contributed by atoms with Crippen LogP contribution in [-0.4, -0.2) is 5.91 Å². The number of carbonyl (C=O) groups is 1. The Morgan fingerprint density at radius 2 is 1.20 bits per heavy atom. The van der Waals surface area contributed by atoms with Crippen LogP contribution in [0, 0.1) is 0 Å². The highest BCUT2D eigenvalue weighted by Gasteiger charge is 2.25. The van der Waals surface area contributed by atoms with Gasteiger partial charge in [0.2, 0.25) is 0 Å². The maximum Gasteiger partial charge on any atom is 0.264 e. The molecular weight excluding hydrogens is 400 g/mol. The zero-order chi connectivity index (χ0) is 18.0. The van der Waals surface area contributed by atoms with E-state index in [1.165, 1.54) is 11.0 Å². The Kier molecular flexibility index (Phi) is 5.55. The van der Waals surface area contributed by atoms with Crippen LogP contribution in [0.15, 0.2) is 66.7 Å². The van der Waals surface area contributed by atoms with Crippen molar-refractivity contribution in [1.82, 2.24) is 0 Å². The number of hydrogen-bond donors (Lipinski definition) is 0. The van der Waals surface area contributed by atoms with Crippen LogP contribution < -0.4 is 4.90 Å². The Morgan fingerprint density at radius 1 is 0.680 bits per heavy atom. The predicted molar refractivity (Wildman–Crippen MR) is 106 cm³/mol. The molecule has 0 fully saturated rings. The van der Waals surface area contributed by atoms with Crippen molar-refractivity contribution in [2.24, 2.45) is 0 Å². The van der Waals surface area contributed by atoms with Gasteiger partial charge in [0.25, 0.3) is 5.91 Å². The van der Waals surface area contributed by atoms with Crippen LogP contribution in [-0.2, 0) is 0 Å². The fourth-order valence-electron chi connectivity index (χ4n) is 2.40. The van der Waals surface area contributed by atoms with E-state index in [-0.39, 0.29) is 10.9 Å². The highest BCUT2D eigenvalue weighted by atomic mass is 35.5. The van der Waals surface area contributed by atoms with Gasteiger partial charge in [-0.3, -0.25) is 9.69 Å². The van der Waals surface area contributed by atoms with E-state index in [1.54, 1.807) is 60.7 Å². The molecule has 1 amide bonds. The van der Waals surface area contributed by atoms with Crippen LogP contribution in [0.2, 0.25) is 20.1 Å². The highest BCUT2D eigenvalue weighted by molar-refractivity contribution is 6.39. The van der Waals surface area contributed by atoms with Gasteiger partial charge in [0, 0.05) is 5.02 Å². The lowest BCUT2D eigenvalue weighted by molar-refractivity contribution is 0.0999. The molecule has 0 bridgehead atoms. The third kappa shape index (κ3) is 3.78. The third-order valence-electron chi connectivity index (χ3n) is 3.55. The van der Waals surface area contributed by atoms with Crippen molar-refractivity contribution in [2.75, 3.05) is 4.90 Å². The van der Waals surface area contributed by atoms with Gasteiger partial charge in [-0.05, 0) is 42.5 Å². The van der Waals surface area contributed by atoms with E-state index in [0.717, 1.165) is 0 Å². The number of para-hydroxylation sites is 2. The molecule has 3 rings (SSSR count). The number of benzene rings is 3. The molecule has 0 atom stereocenters. The molecule has 3 aromatic rings. The standard InChI is InChI=1S/C19H11Cl4NO/c20-12-9-10-13(16(23)11-12)19(25)24(17-7-3-1-5-14(17)21)18-8-4-2-6-15(18)22/h1-11H. The molecule has 3 aromatic carbocycles. The average Bonchev–Trinajstić information content (AvgIpc) is 2.58. The van der Waals surface area contributed by atoms with Crippen molar-refractivity contribution < 1.29 is 4.79 Å². The van der Waals surface area contributed by atoms with Crippen molar-refractivity contribution in [3.05, 3.63) is 92.4 Å². The van der Waals surface area contributed by atoms with Crippen molar-refractivity contribution in [1.29, 1.82) is 0 Å². The number of amides is 1. The minimum absolute atomic E-state index is 0.251. The summed E-state index contributed by atoms with van der Waals surface area (Å²) < 4.78 is 0. The molecule has 0 radical (unpaired) electrons. The monoisotopic (exact) mass is 409 g/mol. The van der Waals surface area contributed by atoms with Crippen molar-refractivity contribution in [3.63, 3.8) is 0 Å².